The Morgan fingerprint density at radius 2 is 2.05 bits per heavy atom. The van der Waals surface area contributed by atoms with Crippen LogP contribution in [0, 0.1) is 0 Å². The van der Waals surface area contributed by atoms with Crippen molar-refractivity contribution in [2.75, 3.05) is 33.5 Å². The molecular formula is C14H21NO4. The lowest BCUT2D eigenvalue weighted by molar-refractivity contribution is 0.0630. The molecule has 2 rings (SSSR count). The number of rotatable bonds is 6. The number of methoxy groups -OCH3 is 1. The van der Waals surface area contributed by atoms with Gasteiger partial charge in [0.1, 0.15) is 13.2 Å². The van der Waals surface area contributed by atoms with E-state index in [0.717, 1.165) is 17.1 Å². The summed E-state index contributed by atoms with van der Waals surface area (Å²) in [7, 11) is 1.58. The van der Waals surface area contributed by atoms with Crippen LogP contribution in [0.1, 0.15) is 18.5 Å². The van der Waals surface area contributed by atoms with Gasteiger partial charge in [-0.15, -0.1) is 0 Å². The molecule has 0 spiro atoms. The number of aliphatic hydroxyl groups is 1. The summed E-state index contributed by atoms with van der Waals surface area (Å²) in [6.45, 7) is 4.06. The monoisotopic (exact) mass is 267 g/mol. The van der Waals surface area contributed by atoms with E-state index >= 15 is 0 Å². The summed E-state index contributed by atoms with van der Waals surface area (Å²) in [5.41, 5.74) is 1.11. The number of fused-ring (bicyclic) bond motifs is 1. The van der Waals surface area contributed by atoms with Crippen LogP contribution < -0.4 is 14.8 Å². The number of ether oxygens (including phenoxy) is 3. The van der Waals surface area contributed by atoms with Gasteiger partial charge in [-0.05, 0) is 24.6 Å². The van der Waals surface area contributed by atoms with Crippen LogP contribution in [0.2, 0.25) is 0 Å². The van der Waals surface area contributed by atoms with Crippen molar-refractivity contribution in [3.63, 3.8) is 0 Å². The van der Waals surface area contributed by atoms with Gasteiger partial charge < -0.3 is 24.6 Å². The van der Waals surface area contributed by atoms with Crippen LogP contribution in [-0.2, 0) is 4.74 Å². The first-order valence-electron chi connectivity index (χ1n) is 6.50. The maximum Gasteiger partial charge on any atom is 0.161 e. The molecule has 1 aliphatic heterocycles. The first-order chi connectivity index (χ1) is 9.20. The number of benzene rings is 1. The minimum Gasteiger partial charge on any atom is -0.486 e. The van der Waals surface area contributed by atoms with Crippen molar-refractivity contribution in [1.82, 2.24) is 5.32 Å². The van der Waals surface area contributed by atoms with Crippen LogP contribution >= 0.6 is 0 Å². The van der Waals surface area contributed by atoms with Crippen molar-refractivity contribution in [3.05, 3.63) is 23.8 Å². The zero-order valence-electron chi connectivity index (χ0n) is 11.4. The highest BCUT2D eigenvalue weighted by Gasteiger charge is 2.15. The molecule has 0 radical (unpaired) electrons. The average molecular weight is 267 g/mol. The van der Waals surface area contributed by atoms with Crippen molar-refractivity contribution in [1.29, 1.82) is 0 Å². The Balaban J connectivity index is 1.93. The molecule has 1 aromatic carbocycles. The van der Waals surface area contributed by atoms with Crippen molar-refractivity contribution in [2.24, 2.45) is 0 Å². The molecule has 2 atom stereocenters. The maximum absolute atomic E-state index is 9.60. The number of hydrogen-bond acceptors (Lipinski definition) is 5. The highest BCUT2D eigenvalue weighted by molar-refractivity contribution is 5.44. The van der Waals surface area contributed by atoms with Crippen LogP contribution in [0.25, 0.3) is 0 Å². The van der Waals surface area contributed by atoms with Crippen LogP contribution in [0.4, 0.5) is 0 Å². The van der Waals surface area contributed by atoms with Gasteiger partial charge in [0.2, 0.25) is 0 Å². The molecular weight excluding hydrogens is 246 g/mol. The Kier molecular flexibility index (Phi) is 5.01. The molecule has 5 nitrogen and oxygen atoms in total. The maximum atomic E-state index is 9.60. The number of aliphatic hydroxyl groups excluding tert-OH is 1. The number of nitrogens with one attached hydrogen (secondary N) is 1. The molecule has 1 aliphatic rings. The van der Waals surface area contributed by atoms with Crippen molar-refractivity contribution in [3.8, 4) is 11.5 Å². The van der Waals surface area contributed by atoms with Crippen molar-refractivity contribution >= 4 is 0 Å². The van der Waals surface area contributed by atoms with Gasteiger partial charge in [0, 0.05) is 19.7 Å². The van der Waals surface area contributed by atoms with Gasteiger partial charge in [0.05, 0.1) is 12.7 Å². The second kappa shape index (κ2) is 6.75. The van der Waals surface area contributed by atoms with Gasteiger partial charge in [-0.1, -0.05) is 6.07 Å². The van der Waals surface area contributed by atoms with Crippen molar-refractivity contribution in [2.45, 2.75) is 19.1 Å². The molecule has 0 aromatic heterocycles. The summed E-state index contributed by atoms with van der Waals surface area (Å²) < 4.78 is 15.9. The molecule has 19 heavy (non-hydrogen) atoms. The van der Waals surface area contributed by atoms with Crippen molar-refractivity contribution < 1.29 is 19.3 Å². The SMILES string of the molecule is COCC(O)CNC(C)c1ccc2c(c1)OCCO2. The van der Waals surface area contributed by atoms with Crippen LogP contribution in [0.3, 0.4) is 0 Å². The molecule has 1 heterocycles. The summed E-state index contributed by atoms with van der Waals surface area (Å²) >= 11 is 0. The summed E-state index contributed by atoms with van der Waals surface area (Å²) in [5.74, 6) is 1.58. The molecule has 0 bridgehead atoms. The van der Waals surface area contributed by atoms with Gasteiger partial charge in [0.15, 0.2) is 11.5 Å². The topological polar surface area (TPSA) is 60.0 Å². The summed E-state index contributed by atoms with van der Waals surface area (Å²) in [4.78, 5) is 0. The minimum absolute atomic E-state index is 0.127. The predicted molar refractivity (Wildman–Crippen MR) is 71.7 cm³/mol. The molecule has 0 aliphatic carbocycles. The average Bonchev–Trinajstić information content (AvgIpc) is 2.44. The normalized spacial score (nSPS) is 17.0. The Hall–Kier alpha value is -1.30. The lowest BCUT2D eigenvalue weighted by atomic mass is 10.1. The largest absolute Gasteiger partial charge is 0.486 e. The zero-order valence-corrected chi connectivity index (χ0v) is 11.4. The summed E-state index contributed by atoms with van der Waals surface area (Å²) in [6, 6.07) is 6.04. The predicted octanol–water partition coefficient (Wildman–Crippen LogP) is 1.12. The molecule has 0 saturated heterocycles. The van der Waals surface area contributed by atoms with E-state index in [4.69, 9.17) is 14.2 Å². The van der Waals surface area contributed by atoms with Gasteiger partial charge in [-0.25, -0.2) is 0 Å². The van der Waals surface area contributed by atoms with E-state index in [2.05, 4.69) is 5.32 Å². The van der Waals surface area contributed by atoms with E-state index in [1.807, 2.05) is 25.1 Å². The van der Waals surface area contributed by atoms with Crippen LogP contribution in [0.15, 0.2) is 18.2 Å². The molecule has 0 saturated carbocycles. The van der Waals surface area contributed by atoms with Gasteiger partial charge in [0.25, 0.3) is 0 Å². The first kappa shape index (κ1) is 14.1. The van der Waals surface area contributed by atoms with E-state index < -0.39 is 6.10 Å². The highest BCUT2D eigenvalue weighted by Crippen LogP contribution is 2.32. The fourth-order valence-corrected chi connectivity index (χ4v) is 2.01. The Bertz CT molecular complexity index is 410. The first-order valence-corrected chi connectivity index (χ1v) is 6.50. The van der Waals surface area contributed by atoms with Gasteiger partial charge in [-0.2, -0.15) is 0 Å². The highest BCUT2D eigenvalue weighted by atomic mass is 16.6. The third kappa shape index (κ3) is 3.83. The van der Waals surface area contributed by atoms with E-state index in [0.29, 0.717) is 26.4 Å². The summed E-state index contributed by atoms with van der Waals surface area (Å²) in [6.07, 6.45) is -0.496. The standard InChI is InChI=1S/C14H21NO4/c1-10(15-8-12(16)9-17-2)11-3-4-13-14(7-11)19-6-5-18-13/h3-4,7,10,12,15-16H,5-6,8-9H2,1-2H3. The van der Waals surface area contributed by atoms with Gasteiger partial charge in [-0.3, -0.25) is 0 Å². The molecule has 5 heteroatoms. The lowest BCUT2D eigenvalue weighted by Crippen LogP contribution is -2.31. The third-order valence-corrected chi connectivity index (χ3v) is 3.08. The Labute approximate surface area is 113 Å². The third-order valence-electron chi connectivity index (χ3n) is 3.08. The second-order valence-electron chi connectivity index (χ2n) is 4.64. The quantitative estimate of drug-likeness (QED) is 0.808. The lowest BCUT2D eigenvalue weighted by Gasteiger charge is -2.21. The van der Waals surface area contributed by atoms with E-state index in [9.17, 15) is 5.11 Å². The van der Waals surface area contributed by atoms with E-state index in [1.165, 1.54) is 0 Å². The fraction of sp³-hybridized carbons (Fsp3) is 0.571. The summed E-state index contributed by atoms with van der Waals surface area (Å²) in [5, 5.41) is 12.9. The molecule has 0 fully saturated rings. The van der Waals surface area contributed by atoms with E-state index in [-0.39, 0.29) is 6.04 Å². The molecule has 106 valence electrons. The molecule has 2 N–H and O–H groups in total. The zero-order chi connectivity index (χ0) is 13.7. The van der Waals surface area contributed by atoms with Gasteiger partial charge >= 0.3 is 0 Å². The molecule has 2 unspecified atom stereocenters. The van der Waals surface area contributed by atoms with E-state index in [1.54, 1.807) is 7.11 Å². The number of hydrogen-bond donors (Lipinski definition) is 2. The second-order valence-corrected chi connectivity index (χ2v) is 4.64. The molecule has 1 aromatic rings. The van der Waals surface area contributed by atoms with Crippen LogP contribution in [0.5, 0.6) is 11.5 Å². The smallest absolute Gasteiger partial charge is 0.161 e. The Morgan fingerprint density at radius 3 is 2.79 bits per heavy atom. The molecule has 0 amide bonds. The van der Waals surface area contributed by atoms with Crippen LogP contribution in [-0.4, -0.2) is 44.7 Å². The Morgan fingerprint density at radius 1 is 1.32 bits per heavy atom. The minimum atomic E-state index is -0.496. The fourth-order valence-electron chi connectivity index (χ4n) is 2.01.